The van der Waals surface area contributed by atoms with Crippen molar-refractivity contribution in [3.63, 3.8) is 0 Å². The Morgan fingerprint density at radius 1 is 1.37 bits per heavy atom. The molecule has 4 heteroatoms. The molecular formula is C15H21NO3. The maximum atomic E-state index is 10.7. The second-order valence-electron chi connectivity index (χ2n) is 5.01. The van der Waals surface area contributed by atoms with Gasteiger partial charge in [-0.25, -0.2) is 4.79 Å². The molecule has 0 aromatic heterocycles. The molecule has 1 aromatic carbocycles. The van der Waals surface area contributed by atoms with Gasteiger partial charge in [-0.2, -0.15) is 0 Å². The number of carboxylic acids is 1. The minimum atomic E-state index is -0.909. The number of ether oxygens (including phenoxy) is 1. The fourth-order valence-electron chi connectivity index (χ4n) is 2.03. The summed E-state index contributed by atoms with van der Waals surface area (Å²) in [4.78, 5) is 13.1. The Balaban J connectivity index is 1.73. The lowest BCUT2D eigenvalue weighted by Gasteiger charge is -2.20. The van der Waals surface area contributed by atoms with Gasteiger partial charge in [0, 0.05) is 13.1 Å². The van der Waals surface area contributed by atoms with Crippen LogP contribution in [-0.4, -0.2) is 42.2 Å². The fourth-order valence-corrected chi connectivity index (χ4v) is 2.03. The first-order valence-electron chi connectivity index (χ1n) is 6.87. The topological polar surface area (TPSA) is 49.8 Å². The van der Waals surface area contributed by atoms with E-state index < -0.39 is 5.97 Å². The Labute approximate surface area is 114 Å². The molecule has 0 spiro atoms. The molecule has 104 valence electrons. The second-order valence-corrected chi connectivity index (χ2v) is 5.01. The van der Waals surface area contributed by atoms with Crippen LogP contribution in [0.25, 0.3) is 0 Å². The lowest BCUT2D eigenvalue weighted by Crippen LogP contribution is -2.30. The highest BCUT2D eigenvalue weighted by molar-refractivity contribution is 5.87. The van der Waals surface area contributed by atoms with E-state index in [-0.39, 0.29) is 5.56 Å². The maximum Gasteiger partial charge on any atom is 0.335 e. The third-order valence-electron chi connectivity index (χ3n) is 3.44. The molecule has 0 saturated heterocycles. The summed E-state index contributed by atoms with van der Waals surface area (Å²) in [6, 6.07) is 6.56. The number of rotatable bonds is 8. The zero-order valence-electron chi connectivity index (χ0n) is 11.3. The van der Waals surface area contributed by atoms with E-state index in [1.165, 1.54) is 19.4 Å². The maximum absolute atomic E-state index is 10.7. The molecular weight excluding hydrogens is 242 g/mol. The number of hydrogen-bond acceptors (Lipinski definition) is 3. The smallest absolute Gasteiger partial charge is 0.335 e. The number of aromatic carboxylic acids is 1. The number of benzene rings is 1. The Hall–Kier alpha value is -1.55. The molecule has 0 radical (unpaired) electrons. The molecule has 2 rings (SSSR count). The number of likely N-dealkylation sites (N-methyl/N-ethyl adjacent to an activating group) is 1. The first-order valence-corrected chi connectivity index (χ1v) is 6.87. The van der Waals surface area contributed by atoms with Gasteiger partial charge < -0.3 is 9.84 Å². The minimum absolute atomic E-state index is 0.288. The molecule has 0 heterocycles. The van der Waals surface area contributed by atoms with E-state index in [0.717, 1.165) is 24.8 Å². The highest BCUT2D eigenvalue weighted by Crippen LogP contribution is 2.29. The van der Waals surface area contributed by atoms with Crippen LogP contribution >= 0.6 is 0 Å². The van der Waals surface area contributed by atoms with E-state index in [0.29, 0.717) is 6.61 Å². The van der Waals surface area contributed by atoms with Crippen molar-refractivity contribution in [3.05, 3.63) is 29.8 Å². The molecule has 0 amide bonds. The van der Waals surface area contributed by atoms with Crippen molar-refractivity contribution >= 4 is 5.97 Å². The lowest BCUT2D eigenvalue weighted by molar-refractivity contribution is 0.0697. The lowest BCUT2D eigenvalue weighted by atomic mass is 10.2. The van der Waals surface area contributed by atoms with Gasteiger partial charge in [-0.1, -0.05) is 6.92 Å². The van der Waals surface area contributed by atoms with Crippen molar-refractivity contribution in [2.45, 2.75) is 19.8 Å². The van der Waals surface area contributed by atoms with Gasteiger partial charge in [-0.05, 0) is 49.6 Å². The minimum Gasteiger partial charge on any atom is -0.492 e. The summed E-state index contributed by atoms with van der Waals surface area (Å²) in [5.74, 6) is 0.718. The van der Waals surface area contributed by atoms with Gasteiger partial charge in [0.2, 0.25) is 0 Å². The van der Waals surface area contributed by atoms with E-state index in [4.69, 9.17) is 9.84 Å². The van der Waals surface area contributed by atoms with Crippen LogP contribution in [0.15, 0.2) is 24.3 Å². The monoisotopic (exact) mass is 263 g/mol. The Kier molecular flexibility index (Phi) is 4.80. The summed E-state index contributed by atoms with van der Waals surface area (Å²) in [6.07, 6.45) is 2.74. The summed E-state index contributed by atoms with van der Waals surface area (Å²) >= 11 is 0. The molecule has 0 unspecified atom stereocenters. The van der Waals surface area contributed by atoms with Crippen molar-refractivity contribution in [1.29, 1.82) is 0 Å². The molecule has 0 aliphatic heterocycles. The predicted octanol–water partition coefficient (Wildman–Crippen LogP) is 2.50. The van der Waals surface area contributed by atoms with E-state index >= 15 is 0 Å². The molecule has 1 saturated carbocycles. The molecule has 4 nitrogen and oxygen atoms in total. The summed E-state index contributed by atoms with van der Waals surface area (Å²) in [7, 11) is 0. The van der Waals surface area contributed by atoms with Gasteiger partial charge in [-0.15, -0.1) is 0 Å². The van der Waals surface area contributed by atoms with Crippen molar-refractivity contribution in [3.8, 4) is 5.75 Å². The van der Waals surface area contributed by atoms with Gasteiger partial charge in [0.25, 0.3) is 0 Å². The van der Waals surface area contributed by atoms with Crippen molar-refractivity contribution in [2.75, 3.05) is 26.2 Å². The summed E-state index contributed by atoms with van der Waals surface area (Å²) in [5.41, 5.74) is 0.288. The van der Waals surface area contributed by atoms with Crippen LogP contribution < -0.4 is 4.74 Å². The zero-order valence-corrected chi connectivity index (χ0v) is 11.3. The summed E-state index contributed by atoms with van der Waals surface area (Å²) in [5, 5.41) is 8.80. The number of nitrogens with zero attached hydrogens (tertiary/aromatic N) is 1. The molecule has 0 atom stereocenters. The van der Waals surface area contributed by atoms with Gasteiger partial charge in [0.1, 0.15) is 12.4 Å². The molecule has 19 heavy (non-hydrogen) atoms. The van der Waals surface area contributed by atoms with Gasteiger partial charge in [0.05, 0.1) is 5.56 Å². The van der Waals surface area contributed by atoms with E-state index in [9.17, 15) is 4.79 Å². The van der Waals surface area contributed by atoms with E-state index in [2.05, 4.69) is 11.8 Å². The van der Waals surface area contributed by atoms with E-state index in [1.54, 1.807) is 24.3 Å². The van der Waals surface area contributed by atoms with Crippen LogP contribution in [0.4, 0.5) is 0 Å². The number of carbonyl (C=O) groups is 1. The standard InChI is InChI=1S/C15H21NO3/c1-2-16(11-12-3-4-12)9-10-19-14-7-5-13(6-8-14)15(17)18/h5-8,12H,2-4,9-11H2,1H3,(H,17,18). The molecule has 1 aliphatic rings. The number of hydrogen-bond donors (Lipinski definition) is 1. The number of carboxylic acid groups (broad SMARTS) is 1. The van der Waals surface area contributed by atoms with Crippen LogP contribution in [0.1, 0.15) is 30.1 Å². The van der Waals surface area contributed by atoms with Gasteiger partial charge in [0.15, 0.2) is 0 Å². The Bertz CT molecular complexity index is 412. The molecule has 1 aromatic rings. The first kappa shape index (κ1) is 13.9. The SMILES string of the molecule is CCN(CCOc1ccc(C(=O)O)cc1)CC1CC1. The van der Waals surface area contributed by atoms with Crippen molar-refractivity contribution in [1.82, 2.24) is 4.90 Å². The first-order chi connectivity index (χ1) is 9.19. The molecule has 1 N–H and O–H groups in total. The summed E-state index contributed by atoms with van der Waals surface area (Å²) < 4.78 is 5.64. The average Bonchev–Trinajstić information content (AvgIpc) is 3.22. The van der Waals surface area contributed by atoms with Crippen LogP contribution in [-0.2, 0) is 0 Å². The highest BCUT2D eigenvalue weighted by Gasteiger charge is 2.23. The second kappa shape index (κ2) is 6.57. The Morgan fingerprint density at radius 3 is 2.58 bits per heavy atom. The van der Waals surface area contributed by atoms with Crippen LogP contribution in [0.5, 0.6) is 5.75 Å². The zero-order chi connectivity index (χ0) is 13.7. The van der Waals surface area contributed by atoms with Crippen molar-refractivity contribution in [2.24, 2.45) is 5.92 Å². The normalized spacial score (nSPS) is 14.6. The fraction of sp³-hybridized carbons (Fsp3) is 0.533. The van der Waals surface area contributed by atoms with Gasteiger partial charge in [-0.3, -0.25) is 4.90 Å². The third-order valence-corrected chi connectivity index (χ3v) is 3.44. The predicted molar refractivity (Wildman–Crippen MR) is 73.7 cm³/mol. The largest absolute Gasteiger partial charge is 0.492 e. The summed E-state index contributed by atoms with van der Waals surface area (Å²) in [6.45, 7) is 5.97. The third kappa shape index (κ3) is 4.56. The van der Waals surface area contributed by atoms with Crippen LogP contribution in [0.2, 0.25) is 0 Å². The van der Waals surface area contributed by atoms with Crippen LogP contribution in [0.3, 0.4) is 0 Å². The highest BCUT2D eigenvalue weighted by atomic mass is 16.5. The van der Waals surface area contributed by atoms with Gasteiger partial charge >= 0.3 is 5.97 Å². The quantitative estimate of drug-likeness (QED) is 0.783. The van der Waals surface area contributed by atoms with Crippen molar-refractivity contribution < 1.29 is 14.6 Å². The molecule has 0 bridgehead atoms. The molecule has 1 aliphatic carbocycles. The molecule has 1 fully saturated rings. The Morgan fingerprint density at radius 2 is 2.05 bits per heavy atom. The van der Waals surface area contributed by atoms with E-state index in [1.807, 2.05) is 0 Å². The van der Waals surface area contributed by atoms with Crippen LogP contribution in [0, 0.1) is 5.92 Å². The average molecular weight is 263 g/mol.